The summed E-state index contributed by atoms with van der Waals surface area (Å²) in [6, 6.07) is 6.93. The van der Waals surface area contributed by atoms with Crippen molar-refractivity contribution in [2.24, 2.45) is 10.9 Å². The number of thioether (sulfide) groups is 1. The first-order valence-corrected chi connectivity index (χ1v) is 6.82. The quantitative estimate of drug-likeness (QED) is 0.329. The van der Waals surface area contributed by atoms with E-state index in [1.807, 2.05) is 11.8 Å². The van der Waals surface area contributed by atoms with E-state index < -0.39 is 0 Å². The summed E-state index contributed by atoms with van der Waals surface area (Å²) in [6.45, 7) is 0. The number of hydrogen-bond acceptors (Lipinski definition) is 4. The number of nitrogens with zero attached hydrogens (tertiary/aromatic N) is 1. The number of nitrogens with one attached hydrogen (secondary N) is 1. The van der Waals surface area contributed by atoms with Gasteiger partial charge in [-0.1, -0.05) is 17.3 Å². The van der Waals surface area contributed by atoms with Gasteiger partial charge in [0.1, 0.15) is 0 Å². The van der Waals surface area contributed by atoms with Gasteiger partial charge in [-0.05, 0) is 24.3 Å². The van der Waals surface area contributed by atoms with E-state index >= 15 is 0 Å². The molecule has 1 amide bonds. The molecular weight excluding hydrogens is 250 g/mol. The van der Waals surface area contributed by atoms with Crippen LogP contribution in [0.15, 0.2) is 29.4 Å². The maximum absolute atomic E-state index is 11.9. The highest BCUT2D eigenvalue weighted by molar-refractivity contribution is 7.99. The Hall–Kier alpha value is -1.69. The van der Waals surface area contributed by atoms with Crippen LogP contribution in [-0.2, 0) is 0 Å². The van der Waals surface area contributed by atoms with Gasteiger partial charge in [0.2, 0.25) is 0 Å². The molecule has 1 fully saturated rings. The van der Waals surface area contributed by atoms with Crippen LogP contribution in [-0.4, -0.2) is 34.5 Å². The summed E-state index contributed by atoms with van der Waals surface area (Å²) in [4.78, 5) is 11.9. The molecule has 0 aromatic heterocycles. The number of amides is 1. The van der Waals surface area contributed by atoms with Gasteiger partial charge in [0.15, 0.2) is 5.84 Å². The molecule has 0 radical (unpaired) electrons. The Balaban J connectivity index is 2.02. The van der Waals surface area contributed by atoms with Crippen LogP contribution in [0.1, 0.15) is 22.3 Å². The van der Waals surface area contributed by atoms with Crippen molar-refractivity contribution < 1.29 is 10.0 Å². The zero-order valence-electron chi connectivity index (χ0n) is 9.80. The van der Waals surface area contributed by atoms with E-state index in [0.29, 0.717) is 11.1 Å². The summed E-state index contributed by atoms with van der Waals surface area (Å²) in [5, 5.41) is 14.4. The zero-order chi connectivity index (χ0) is 13.0. The SMILES string of the molecule is N/C(=N/O)c1ccc(C(=O)NC2CCSC2)cc1. The molecule has 6 heteroatoms. The standard InChI is InChI=1S/C12H15N3O2S/c13-11(15-17)8-1-3-9(4-2-8)12(16)14-10-5-6-18-7-10/h1-4,10,17H,5-7H2,(H2,13,15)(H,14,16). The van der Waals surface area contributed by atoms with Gasteiger partial charge < -0.3 is 16.3 Å². The van der Waals surface area contributed by atoms with E-state index in [4.69, 9.17) is 10.9 Å². The number of benzene rings is 1. The lowest BCUT2D eigenvalue weighted by Crippen LogP contribution is -2.34. The van der Waals surface area contributed by atoms with E-state index in [-0.39, 0.29) is 17.8 Å². The minimum atomic E-state index is -0.0754. The second kappa shape index (κ2) is 5.77. The molecule has 0 saturated carbocycles. The third-order valence-electron chi connectivity index (χ3n) is 2.82. The number of rotatable bonds is 3. The Bertz CT molecular complexity index is 453. The molecule has 4 N–H and O–H groups in total. The third-order valence-corrected chi connectivity index (χ3v) is 3.98. The number of oxime groups is 1. The number of carbonyl (C=O) groups excluding carboxylic acids is 1. The minimum absolute atomic E-state index is 0.0363. The van der Waals surface area contributed by atoms with Crippen LogP contribution in [0.4, 0.5) is 0 Å². The molecule has 1 saturated heterocycles. The lowest BCUT2D eigenvalue weighted by Gasteiger charge is -2.11. The Morgan fingerprint density at radius 3 is 2.61 bits per heavy atom. The van der Waals surface area contributed by atoms with E-state index in [9.17, 15) is 4.79 Å². The average molecular weight is 265 g/mol. The minimum Gasteiger partial charge on any atom is -0.409 e. The zero-order valence-corrected chi connectivity index (χ0v) is 10.6. The summed E-state index contributed by atoms with van der Waals surface area (Å²) in [5.41, 5.74) is 6.62. The van der Waals surface area contributed by atoms with Crippen molar-refractivity contribution in [2.45, 2.75) is 12.5 Å². The highest BCUT2D eigenvalue weighted by Crippen LogP contribution is 2.17. The van der Waals surface area contributed by atoms with Crippen molar-refractivity contribution >= 4 is 23.5 Å². The van der Waals surface area contributed by atoms with Crippen molar-refractivity contribution in [1.29, 1.82) is 0 Å². The predicted octanol–water partition coefficient (Wildman–Crippen LogP) is 1.02. The van der Waals surface area contributed by atoms with Crippen molar-refractivity contribution in [1.82, 2.24) is 5.32 Å². The molecule has 1 heterocycles. The number of carbonyl (C=O) groups is 1. The molecule has 0 spiro atoms. The van der Waals surface area contributed by atoms with Crippen molar-refractivity contribution in [3.63, 3.8) is 0 Å². The number of amidine groups is 1. The number of hydrogen-bond donors (Lipinski definition) is 3. The van der Waals surface area contributed by atoms with Crippen LogP contribution in [0.2, 0.25) is 0 Å². The molecule has 18 heavy (non-hydrogen) atoms. The maximum Gasteiger partial charge on any atom is 0.251 e. The first-order chi connectivity index (χ1) is 8.70. The summed E-state index contributed by atoms with van der Waals surface area (Å²) in [5.74, 6) is 2.05. The molecule has 1 unspecified atom stereocenters. The van der Waals surface area contributed by atoms with Crippen LogP contribution in [0.5, 0.6) is 0 Å². The normalized spacial score (nSPS) is 19.8. The van der Waals surface area contributed by atoms with Gasteiger partial charge in [0, 0.05) is 22.9 Å². The van der Waals surface area contributed by atoms with Gasteiger partial charge >= 0.3 is 0 Å². The lowest BCUT2D eigenvalue weighted by molar-refractivity contribution is 0.0941. The molecule has 96 valence electrons. The van der Waals surface area contributed by atoms with Gasteiger partial charge in [0.05, 0.1) is 0 Å². The molecule has 1 aliphatic heterocycles. The largest absolute Gasteiger partial charge is 0.409 e. The molecule has 5 nitrogen and oxygen atoms in total. The van der Waals surface area contributed by atoms with Gasteiger partial charge in [-0.25, -0.2) is 0 Å². The summed E-state index contributed by atoms with van der Waals surface area (Å²) < 4.78 is 0. The van der Waals surface area contributed by atoms with E-state index in [2.05, 4.69) is 10.5 Å². The van der Waals surface area contributed by atoms with E-state index in [1.54, 1.807) is 24.3 Å². The lowest BCUT2D eigenvalue weighted by atomic mass is 10.1. The second-order valence-corrected chi connectivity index (χ2v) is 5.25. The topological polar surface area (TPSA) is 87.7 Å². The smallest absolute Gasteiger partial charge is 0.251 e. The van der Waals surface area contributed by atoms with Crippen molar-refractivity contribution in [3.05, 3.63) is 35.4 Å². The van der Waals surface area contributed by atoms with Crippen molar-refractivity contribution in [2.75, 3.05) is 11.5 Å². The Morgan fingerprint density at radius 1 is 1.39 bits per heavy atom. The highest BCUT2D eigenvalue weighted by atomic mass is 32.2. The Labute approximate surface area is 109 Å². The van der Waals surface area contributed by atoms with Crippen molar-refractivity contribution in [3.8, 4) is 0 Å². The fourth-order valence-electron chi connectivity index (χ4n) is 1.77. The van der Waals surface area contributed by atoms with Gasteiger partial charge in [-0.3, -0.25) is 4.79 Å². The number of nitrogens with two attached hydrogens (primary N) is 1. The average Bonchev–Trinajstić information content (AvgIpc) is 2.91. The second-order valence-electron chi connectivity index (χ2n) is 4.10. The van der Waals surface area contributed by atoms with Crippen LogP contribution in [0, 0.1) is 0 Å². The van der Waals surface area contributed by atoms with Gasteiger partial charge in [-0.15, -0.1) is 0 Å². The molecule has 1 aromatic rings. The first kappa shape index (κ1) is 12.8. The van der Waals surface area contributed by atoms with Crippen LogP contribution in [0.25, 0.3) is 0 Å². The van der Waals surface area contributed by atoms with Crippen LogP contribution in [0.3, 0.4) is 0 Å². The molecule has 0 bridgehead atoms. The summed E-state index contributed by atoms with van der Waals surface area (Å²) in [6.07, 6.45) is 1.03. The third kappa shape index (κ3) is 2.95. The maximum atomic E-state index is 11.9. The molecule has 1 aromatic carbocycles. The monoisotopic (exact) mass is 265 g/mol. The van der Waals surface area contributed by atoms with E-state index in [1.165, 1.54) is 0 Å². The summed E-state index contributed by atoms with van der Waals surface area (Å²) in [7, 11) is 0. The fourth-order valence-corrected chi connectivity index (χ4v) is 2.92. The van der Waals surface area contributed by atoms with E-state index in [0.717, 1.165) is 17.9 Å². The first-order valence-electron chi connectivity index (χ1n) is 5.67. The molecule has 0 aliphatic carbocycles. The molecule has 1 atom stereocenters. The highest BCUT2D eigenvalue weighted by Gasteiger charge is 2.18. The predicted molar refractivity (Wildman–Crippen MR) is 72.1 cm³/mol. The Kier molecular flexibility index (Phi) is 4.09. The van der Waals surface area contributed by atoms with Crippen LogP contribution >= 0.6 is 11.8 Å². The molecule has 2 rings (SSSR count). The van der Waals surface area contributed by atoms with Gasteiger partial charge in [-0.2, -0.15) is 11.8 Å². The van der Waals surface area contributed by atoms with Crippen LogP contribution < -0.4 is 11.1 Å². The Morgan fingerprint density at radius 2 is 2.06 bits per heavy atom. The molecule has 1 aliphatic rings. The fraction of sp³-hybridized carbons (Fsp3) is 0.333. The molecular formula is C12H15N3O2S. The van der Waals surface area contributed by atoms with Gasteiger partial charge in [0.25, 0.3) is 5.91 Å². The summed E-state index contributed by atoms with van der Waals surface area (Å²) >= 11 is 1.85.